The zero-order valence-electron chi connectivity index (χ0n) is 12.6. The fourth-order valence-corrected chi connectivity index (χ4v) is 2.50. The van der Waals surface area contributed by atoms with Crippen molar-refractivity contribution in [2.75, 3.05) is 42.3 Å². The third-order valence-electron chi connectivity index (χ3n) is 3.71. The van der Waals surface area contributed by atoms with E-state index in [1.807, 2.05) is 38.5 Å². The first kappa shape index (κ1) is 13.7. The first-order chi connectivity index (χ1) is 10.2. The van der Waals surface area contributed by atoms with Crippen LogP contribution < -0.4 is 15.1 Å². The molecule has 0 atom stereocenters. The zero-order valence-corrected chi connectivity index (χ0v) is 12.6. The number of nitrogens with one attached hydrogen (secondary N) is 1. The SMILES string of the molecule is CN(C)c1ccc(Nc2nccc(N3CCCC3)n2)cc1. The number of aromatic nitrogens is 2. The lowest BCUT2D eigenvalue weighted by Gasteiger charge is -2.17. The van der Waals surface area contributed by atoms with E-state index in [0.29, 0.717) is 5.95 Å². The second-order valence-corrected chi connectivity index (χ2v) is 5.50. The van der Waals surface area contributed by atoms with Crippen LogP contribution in [0.4, 0.5) is 23.1 Å². The zero-order chi connectivity index (χ0) is 14.7. The Morgan fingerprint density at radius 3 is 2.43 bits per heavy atom. The van der Waals surface area contributed by atoms with Crippen LogP contribution in [-0.2, 0) is 0 Å². The molecule has 1 aromatic carbocycles. The van der Waals surface area contributed by atoms with Gasteiger partial charge in [0.05, 0.1) is 0 Å². The molecule has 0 spiro atoms. The van der Waals surface area contributed by atoms with Gasteiger partial charge in [0.2, 0.25) is 5.95 Å². The van der Waals surface area contributed by atoms with Crippen molar-refractivity contribution in [3.05, 3.63) is 36.5 Å². The van der Waals surface area contributed by atoms with Gasteiger partial charge in [-0.1, -0.05) is 0 Å². The molecule has 21 heavy (non-hydrogen) atoms. The molecule has 0 unspecified atom stereocenters. The van der Waals surface area contributed by atoms with Crippen molar-refractivity contribution in [2.24, 2.45) is 0 Å². The van der Waals surface area contributed by atoms with E-state index >= 15 is 0 Å². The van der Waals surface area contributed by atoms with Gasteiger partial charge in [0, 0.05) is 44.8 Å². The first-order valence-electron chi connectivity index (χ1n) is 7.35. The van der Waals surface area contributed by atoms with Crippen LogP contribution in [-0.4, -0.2) is 37.2 Å². The maximum absolute atomic E-state index is 4.60. The Bertz CT molecular complexity index is 588. The van der Waals surface area contributed by atoms with Crippen LogP contribution in [0, 0.1) is 0 Å². The highest BCUT2D eigenvalue weighted by atomic mass is 15.2. The minimum absolute atomic E-state index is 0.650. The number of benzene rings is 1. The molecule has 0 bridgehead atoms. The van der Waals surface area contributed by atoms with Crippen LogP contribution in [0.5, 0.6) is 0 Å². The molecular weight excluding hydrogens is 262 g/mol. The summed E-state index contributed by atoms with van der Waals surface area (Å²) in [5, 5.41) is 3.27. The van der Waals surface area contributed by atoms with Gasteiger partial charge in [-0.3, -0.25) is 0 Å². The monoisotopic (exact) mass is 283 g/mol. The second kappa shape index (κ2) is 5.99. The van der Waals surface area contributed by atoms with Crippen LogP contribution in [0.15, 0.2) is 36.5 Å². The van der Waals surface area contributed by atoms with Gasteiger partial charge < -0.3 is 15.1 Å². The van der Waals surface area contributed by atoms with Crippen molar-refractivity contribution < 1.29 is 0 Å². The summed E-state index contributed by atoms with van der Waals surface area (Å²) in [5.74, 6) is 1.66. The Balaban J connectivity index is 1.73. The fourth-order valence-electron chi connectivity index (χ4n) is 2.50. The van der Waals surface area contributed by atoms with Crippen molar-refractivity contribution in [1.82, 2.24) is 9.97 Å². The molecule has 0 amide bonds. The normalized spacial score (nSPS) is 14.3. The molecule has 2 heterocycles. The van der Waals surface area contributed by atoms with E-state index in [1.54, 1.807) is 0 Å². The van der Waals surface area contributed by atoms with Crippen molar-refractivity contribution in [1.29, 1.82) is 0 Å². The van der Waals surface area contributed by atoms with E-state index in [2.05, 4.69) is 37.2 Å². The molecule has 0 radical (unpaired) electrons. The van der Waals surface area contributed by atoms with Crippen molar-refractivity contribution in [2.45, 2.75) is 12.8 Å². The Kier molecular flexibility index (Phi) is 3.90. The summed E-state index contributed by atoms with van der Waals surface area (Å²) in [4.78, 5) is 13.3. The van der Waals surface area contributed by atoms with Crippen LogP contribution in [0.2, 0.25) is 0 Å². The topological polar surface area (TPSA) is 44.3 Å². The van der Waals surface area contributed by atoms with Gasteiger partial charge in [-0.15, -0.1) is 0 Å². The molecule has 110 valence electrons. The molecule has 5 nitrogen and oxygen atoms in total. The minimum Gasteiger partial charge on any atom is -0.378 e. The summed E-state index contributed by atoms with van der Waals surface area (Å²) < 4.78 is 0. The number of anilines is 4. The molecule has 0 aliphatic carbocycles. The summed E-state index contributed by atoms with van der Waals surface area (Å²) in [6, 6.07) is 10.2. The molecule has 1 aromatic heterocycles. The van der Waals surface area contributed by atoms with Crippen molar-refractivity contribution in [3.8, 4) is 0 Å². The summed E-state index contributed by atoms with van der Waals surface area (Å²) in [6.07, 6.45) is 4.31. The molecule has 1 N–H and O–H groups in total. The van der Waals surface area contributed by atoms with Gasteiger partial charge in [0.15, 0.2) is 0 Å². The average Bonchev–Trinajstić information content (AvgIpc) is 3.02. The summed E-state index contributed by atoms with van der Waals surface area (Å²) in [5.41, 5.74) is 2.17. The van der Waals surface area contributed by atoms with Gasteiger partial charge in [-0.2, -0.15) is 4.98 Å². The molecule has 0 saturated carbocycles. The molecule has 1 aliphatic heterocycles. The molecule has 1 fully saturated rings. The van der Waals surface area contributed by atoms with Gasteiger partial charge in [0.1, 0.15) is 5.82 Å². The summed E-state index contributed by atoms with van der Waals surface area (Å²) >= 11 is 0. The van der Waals surface area contributed by atoms with Crippen LogP contribution in [0.3, 0.4) is 0 Å². The van der Waals surface area contributed by atoms with E-state index in [0.717, 1.165) is 24.6 Å². The Morgan fingerprint density at radius 1 is 1.05 bits per heavy atom. The molecule has 2 aromatic rings. The average molecular weight is 283 g/mol. The predicted molar refractivity (Wildman–Crippen MR) is 87.5 cm³/mol. The van der Waals surface area contributed by atoms with Crippen LogP contribution in [0.25, 0.3) is 0 Å². The van der Waals surface area contributed by atoms with Gasteiger partial charge in [-0.25, -0.2) is 4.98 Å². The summed E-state index contributed by atoms with van der Waals surface area (Å²) in [6.45, 7) is 2.18. The third-order valence-corrected chi connectivity index (χ3v) is 3.71. The van der Waals surface area contributed by atoms with Crippen LogP contribution in [0.1, 0.15) is 12.8 Å². The lowest BCUT2D eigenvalue weighted by Crippen LogP contribution is -2.19. The highest BCUT2D eigenvalue weighted by Crippen LogP contribution is 2.21. The quantitative estimate of drug-likeness (QED) is 0.934. The molecular formula is C16H21N5. The Morgan fingerprint density at radius 2 is 1.76 bits per heavy atom. The third kappa shape index (κ3) is 3.24. The standard InChI is InChI=1S/C16H21N5/c1-20(2)14-7-5-13(6-8-14)18-16-17-10-9-15(19-16)21-11-3-4-12-21/h5-10H,3-4,11-12H2,1-2H3,(H,17,18,19). The molecule has 1 aliphatic rings. The van der Waals surface area contributed by atoms with E-state index in [9.17, 15) is 0 Å². The van der Waals surface area contributed by atoms with Gasteiger partial charge in [-0.05, 0) is 43.2 Å². The molecule has 5 heteroatoms. The van der Waals surface area contributed by atoms with Crippen molar-refractivity contribution >= 4 is 23.1 Å². The second-order valence-electron chi connectivity index (χ2n) is 5.50. The van der Waals surface area contributed by atoms with Gasteiger partial charge in [0.25, 0.3) is 0 Å². The maximum Gasteiger partial charge on any atom is 0.229 e. The Hall–Kier alpha value is -2.30. The summed E-state index contributed by atoms with van der Waals surface area (Å²) in [7, 11) is 4.07. The van der Waals surface area contributed by atoms with E-state index in [1.165, 1.54) is 18.5 Å². The Labute approximate surface area is 125 Å². The van der Waals surface area contributed by atoms with E-state index < -0.39 is 0 Å². The van der Waals surface area contributed by atoms with E-state index in [4.69, 9.17) is 0 Å². The van der Waals surface area contributed by atoms with Crippen LogP contribution >= 0.6 is 0 Å². The highest BCUT2D eigenvalue weighted by molar-refractivity contribution is 5.59. The smallest absolute Gasteiger partial charge is 0.229 e. The largest absolute Gasteiger partial charge is 0.378 e. The number of hydrogen-bond acceptors (Lipinski definition) is 5. The number of nitrogens with zero attached hydrogens (tertiary/aromatic N) is 4. The minimum atomic E-state index is 0.650. The maximum atomic E-state index is 4.60. The molecule has 3 rings (SSSR count). The fraction of sp³-hybridized carbons (Fsp3) is 0.375. The highest BCUT2D eigenvalue weighted by Gasteiger charge is 2.13. The van der Waals surface area contributed by atoms with E-state index in [-0.39, 0.29) is 0 Å². The number of hydrogen-bond donors (Lipinski definition) is 1. The molecule has 1 saturated heterocycles. The lowest BCUT2D eigenvalue weighted by molar-refractivity contribution is 0.930. The van der Waals surface area contributed by atoms with Crippen molar-refractivity contribution in [3.63, 3.8) is 0 Å². The predicted octanol–water partition coefficient (Wildman–Crippen LogP) is 2.89. The number of rotatable bonds is 4. The first-order valence-corrected chi connectivity index (χ1v) is 7.35. The lowest BCUT2D eigenvalue weighted by atomic mass is 10.2. The van der Waals surface area contributed by atoms with Gasteiger partial charge >= 0.3 is 0 Å².